The molecule has 5 nitrogen and oxygen atoms in total. The molecule has 0 aromatic heterocycles. The van der Waals surface area contributed by atoms with Gasteiger partial charge in [0, 0.05) is 14.5 Å². The molecular weight excluding hydrogens is 555 g/mol. The van der Waals surface area contributed by atoms with Crippen molar-refractivity contribution < 1.29 is 18.7 Å². The number of carbonyl (C=O) groups excluding carboxylic acids is 1. The number of halogens is 3. The fourth-order valence-corrected chi connectivity index (χ4v) is 4.59. The molecule has 8 heteroatoms. The van der Waals surface area contributed by atoms with E-state index in [-0.39, 0.29) is 18.0 Å². The number of hydrogen-bond acceptors (Lipinski definition) is 4. The third kappa shape index (κ3) is 6.21. The van der Waals surface area contributed by atoms with Crippen molar-refractivity contribution in [1.29, 1.82) is 5.26 Å². The first kappa shape index (κ1) is 24.5. The first-order chi connectivity index (χ1) is 15.8. The van der Waals surface area contributed by atoms with Crippen molar-refractivity contribution in [2.75, 3.05) is 12.4 Å². The average Bonchev–Trinajstić information content (AvgIpc) is 2.79. The highest BCUT2D eigenvalue weighted by molar-refractivity contribution is 9.11. The van der Waals surface area contributed by atoms with Crippen molar-refractivity contribution in [1.82, 2.24) is 0 Å². The number of amides is 1. The molecule has 0 radical (unpaired) electrons. The molecular formula is C25H19Br2FN2O3. The minimum Gasteiger partial charge on any atom is -0.493 e. The van der Waals surface area contributed by atoms with Crippen molar-refractivity contribution in [3.05, 3.63) is 91.6 Å². The number of nitrogens with one attached hydrogen (secondary N) is 1. The monoisotopic (exact) mass is 572 g/mol. The molecule has 0 atom stereocenters. The Morgan fingerprint density at radius 2 is 1.82 bits per heavy atom. The van der Waals surface area contributed by atoms with Gasteiger partial charge in [-0.05, 0) is 86.3 Å². The molecule has 0 heterocycles. The standard InChI is InChI=1S/C25H19Br2FN2O3/c1-15-9-19(26)24(20(27)10-15)30-25(31)18(13-29)11-16-7-8-22(23(12-16)32-2)33-14-17-5-3-4-6-21(17)28/h3-12H,14H2,1-2H3,(H,30,31)/b18-11+. The highest BCUT2D eigenvalue weighted by Gasteiger charge is 2.15. The minimum atomic E-state index is -0.554. The molecule has 0 aliphatic carbocycles. The fraction of sp³-hybridized carbons (Fsp3) is 0.120. The Kier molecular flexibility index (Phi) is 8.26. The smallest absolute Gasteiger partial charge is 0.266 e. The summed E-state index contributed by atoms with van der Waals surface area (Å²) in [5.74, 6) is -0.107. The maximum Gasteiger partial charge on any atom is 0.266 e. The fourth-order valence-electron chi connectivity index (χ4n) is 2.98. The van der Waals surface area contributed by atoms with Crippen molar-refractivity contribution in [2.45, 2.75) is 13.5 Å². The van der Waals surface area contributed by atoms with Gasteiger partial charge in [-0.25, -0.2) is 4.39 Å². The van der Waals surface area contributed by atoms with Gasteiger partial charge in [-0.15, -0.1) is 0 Å². The van der Waals surface area contributed by atoms with E-state index >= 15 is 0 Å². The summed E-state index contributed by atoms with van der Waals surface area (Å²) < 4.78 is 26.3. The molecule has 3 rings (SSSR count). The van der Waals surface area contributed by atoms with Gasteiger partial charge in [0.15, 0.2) is 11.5 Å². The molecule has 0 saturated heterocycles. The minimum absolute atomic E-state index is 0.0321. The van der Waals surface area contributed by atoms with Crippen LogP contribution >= 0.6 is 31.9 Å². The van der Waals surface area contributed by atoms with E-state index in [1.54, 1.807) is 36.4 Å². The van der Waals surface area contributed by atoms with Gasteiger partial charge < -0.3 is 14.8 Å². The maximum absolute atomic E-state index is 13.8. The summed E-state index contributed by atoms with van der Waals surface area (Å²) >= 11 is 6.85. The number of rotatable bonds is 7. The normalized spacial score (nSPS) is 11.0. The maximum atomic E-state index is 13.8. The van der Waals surface area contributed by atoms with Crippen molar-refractivity contribution in [3.8, 4) is 17.6 Å². The number of hydrogen-bond donors (Lipinski definition) is 1. The molecule has 168 valence electrons. The van der Waals surface area contributed by atoms with Crippen molar-refractivity contribution in [3.63, 3.8) is 0 Å². The molecule has 1 N–H and O–H groups in total. The number of anilines is 1. The van der Waals surface area contributed by atoms with E-state index in [1.165, 1.54) is 19.3 Å². The van der Waals surface area contributed by atoms with Gasteiger partial charge in [0.1, 0.15) is 24.1 Å². The summed E-state index contributed by atoms with van der Waals surface area (Å²) in [6.45, 7) is 1.96. The number of benzene rings is 3. The highest BCUT2D eigenvalue weighted by Crippen LogP contribution is 2.33. The molecule has 0 aliphatic heterocycles. The van der Waals surface area contributed by atoms with Crippen LogP contribution in [0.2, 0.25) is 0 Å². The van der Waals surface area contributed by atoms with Crippen molar-refractivity contribution >= 4 is 49.5 Å². The van der Waals surface area contributed by atoms with E-state index < -0.39 is 5.91 Å². The van der Waals surface area contributed by atoms with Gasteiger partial charge >= 0.3 is 0 Å². The lowest BCUT2D eigenvalue weighted by atomic mass is 10.1. The lowest BCUT2D eigenvalue weighted by Crippen LogP contribution is -2.14. The SMILES string of the molecule is COc1cc(/C=C(\C#N)C(=O)Nc2c(Br)cc(C)cc2Br)ccc1OCc1ccccc1F. The van der Waals surface area contributed by atoms with Gasteiger partial charge in [0.05, 0.1) is 12.8 Å². The van der Waals surface area contributed by atoms with Crippen LogP contribution < -0.4 is 14.8 Å². The molecule has 0 spiro atoms. The van der Waals surface area contributed by atoms with E-state index in [0.717, 1.165) is 5.56 Å². The van der Waals surface area contributed by atoms with Crippen LogP contribution in [-0.4, -0.2) is 13.0 Å². The summed E-state index contributed by atoms with van der Waals surface area (Å²) in [4.78, 5) is 12.7. The molecule has 0 bridgehead atoms. The number of ether oxygens (including phenoxy) is 2. The van der Waals surface area contributed by atoms with Gasteiger partial charge in [-0.3, -0.25) is 4.79 Å². The van der Waals surface area contributed by atoms with Crippen LogP contribution in [0, 0.1) is 24.1 Å². The molecule has 0 aliphatic rings. The lowest BCUT2D eigenvalue weighted by molar-refractivity contribution is -0.112. The third-order valence-corrected chi connectivity index (χ3v) is 5.88. The number of methoxy groups -OCH3 is 1. The number of aryl methyl sites for hydroxylation is 1. The lowest BCUT2D eigenvalue weighted by Gasteiger charge is -2.12. The number of nitrogens with zero attached hydrogens (tertiary/aromatic N) is 1. The first-order valence-electron chi connectivity index (χ1n) is 9.75. The van der Waals surface area contributed by atoms with Gasteiger partial charge in [-0.1, -0.05) is 24.3 Å². The van der Waals surface area contributed by atoms with E-state index in [0.29, 0.717) is 37.3 Å². The molecule has 3 aromatic rings. The highest BCUT2D eigenvalue weighted by atomic mass is 79.9. The molecule has 1 amide bonds. The molecule has 33 heavy (non-hydrogen) atoms. The Labute approximate surface area is 208 Å². The Bertz CT molecular complexity index is 1250. The van der Waals surface area contributed by atoms with E-state index in [1.807, 2.05) is 25.1 Å². The second-order valence-electron chi connectivity index (χ2n) is 7.02. The van der Waals surface area contributed by atoms with Gasteiger partial charge in [0.2, 0.25) is 0 Å². The molecule has 0 fully saturated rings. The summed E-state index contributed by atoms with van der Waals surface area (Å²) in [5, 5.41) is 12.3. The van der Waals surface area contributed by atoms with Crippen LogP contribution in [0.5, 0.6) is 11.5 Å². The molecule has 3 aromatic carbocycles. The summed E-state index contributed by atoms with van der Waals surface area (Å²) in [7, 11) is 1.48. The largest absolute Gasteiger partial charge is 0.493 e. The summed E-state index contributed by atoms with van der Waals surface area (Å²) in [6, 6.07) is 17.0. The Balaban J connectivity index is 1.80. The predicted molar refractivity (Wildman–Crippen MR) is 133 cm³/mol. The number of carbonyl (C=O) groups is 1. The van der Waals surface area contributed by atoms with Gasteiger partial charge in [0.25, 0.3) is 5.91 Å². The first-order valence-corrected chi connectivity index (χ1v) is 11.3. The topological polar surface area (TPSA) is 71.3 Å². The van der Waals surface area contributed by atoms with Gasteiger partial charge in [-0.2, -0.15) is 5.26 Å². The molecule has 0 saturated carbocycles. The Morgan fingerprint density at radius 3 is 2.45 bits per heavy atom. The van der Waals surface area contributed by atoms with E-state index in [2.05, 4.69) is 37.2 Å². The van der Waals surface area contributed by atoms with Crippen LogP contribution in [0.3, 0.4) is 0 Å². The Hall–Kier alpha value is -3.15. The van der Waals surface area contributed by atoms with Crippen LogP contribution in [0.15, 0.2) is 69.1 Å². The average molecular weight is 574 g/mol. The quantitative estimate of drug-likeness (QED) is 0.249. The zero-order valence-electron chi connectivity index (χ0n) is 17.8. The zero-order chi connectivity index (χ0) is 24.0. The van der Waals surface area contributed by atoms with Crippen LogP contribution in [0.25, 0.3) is 6.08 Å². The van der Waals surface area contributed by atoms with Crippen molar-refractivity contribution in [2.24, 2.45) is 0 Å². The zero-order valence-corrected chi connectivity index (χ0v) is 21.0. The number of nitriles is 1. The molecule has 0 unspecified atom stereocenters. The second-order valence-corrected chi connectivity index (χ2v) is 8.73. The Morgan fingerprint density at radius 1 is 1.12 bits per heavy atom. The van der Waals surface area contributed by atoms with E-state index in [9.17, 15) is 14.4 Å². The van der Waals surface area contributed by atoms with Crippen LogP contribution in [-0.2, 0) is 11.4 Å². The summed E-state index contributed by atoms with van der Waals surface area (Å²) in [5.41, 5.74) is 2.43. The van der Waals surface area contributed by atoms with Crippen LogP contribution in [0.1, 0.15) is 16.7 Å². The second kappa shape index (κ2) is 11.1. The summed E-state index contributed by atoms with van der Waals surface area (Å²) in [6.07, 6.45) is 1.45. The predicted octanol–water partition coefficient (Wildman–Crippen LogP) is 6.79. The van der Waals surface area contributed by atoms with E-state index in [4.69, 9.17) is 9.47 Å². The van der Waals surface area contributed by atoms with Crippen LogP contribution in [0.4, 0.5) is 10.1 Å². The third-order valence-electron chi connectivity index (χ3n) is 4.63.